The summed E-state index contributed by atoms with van der Waals surface area (Å²) in [7, 11) is 1.62. The number of anilines is 1. The largest absolute Gasteiger partial charge is 0.497 e. The first-order valence-electron chi connectivity index (χ1n) is 9.94. The van der Waals surface area contributed by atoms with Crippen LogP contribution in [0.5, 0.6) is 5.75 Å². The predicted molar refractivity (Wildman–Crippen MR) is 112 cm³/mol. The summed E-state index contributed by atoms with van der Waals surface area (Å²) >= 11 is 0. The molecule has 1 N–H and O–H groups in total. The maximum absolute atomic E-state index is 12.7. The van der Waals surface area contributed by atoms with E-state index in [0.717, 1.165) is 30.2 Å². The van der Waals surface area contributed by atoms with Crippen LogP contribution in [0.3, 0.4) is 0 Å². The maximum atomic E-state index is 12.7. The number of nitrogens with one attached hydrogen (secondary N) is 1. The molecule has 154 valence electrons. The average molecular weight is 396 g/mol. The van der Waals surface area contributed by atoms with Crippen molar-refractivity contribution in [3.63, 3.8) is 0 Å². The standard InChI is InChI=1S/C22H28N4O3/c1-17(24-21(27)10-9-18-6-5-7-19(16-18)29-2)22(28)26-14-12-25(13-15-26)20-8-3-4-11-23-20/h3-8,11,16-17H,9-10,12-15H2,1-2H3,(H,24,27)/t17-/m1/s1. The molecule has 7 heteroatoms. The highest BCUT2D eigenvalue weighted by molar-refractivity contribution is 5.87. The number of aromatic nitrogens is 1. The number of rotatable bonds is 7. The summed E-state index contributed by atoms with van der Waals surface area (Å²) in [6.45, 7) is 4.47. The van der Waals surface area contributed by atoms with E-state index in [-0.39, 0.29) is 11.8 Å². The van der Waals surface area contributed by atoms with Gasteiger partial charge in [-0.1, -0.05) is 18.2 Å². The fourth-order valence-corrected chi connectivity index (χ4v) is 3.43. The lowest BCUT2D eigenvalue weighted by Gasteiger charge is -2.36. The molecular weight excluding hydrogens is 368 g/mol. The Morgan fingerprint density at radius 2 is 1.93 bits per heavy atom. The minimum absolute atomic E-state index is 0.0413. The van der Waals surface area contributed by atoms with Crippen LogP contribution in [0, 0.1) is 0 Å². The number of carbonyl (C=O) groups is 2. The average Bonchev–Trinajstić information content (AvgIpc) is 2.78. The van der Waals surface area contributed by atoms with Gasteiger partial charge in [-0.15, -0.1) is 0 Å². The lowest BCUT2D eigenvalue weighted by atomic mass is 10.1. The highest BCUT2D eigenvalue weighted by Gasteiger charge is 2.26. The molecule has 1 aromatic carbocycles. The van der Waals surface area contributed by atoms with Crippen LogP contribution in [0.25, 0.3) is 0 Å². The lowest BCUT2D eigenvalue weighted by molar-refractivity contribution is -0.136. The van der Waals surface area contributed by atoms with Crippen LogP contribution in [-0.2, 0) is 16.0 Å². The Balaban J connectivity index is 1.43. The van der Waals surface area contributed by atoms with Crippen LogP contribution in [0.15, 0.2) is 48.7 Å². The number of ether oxygens (including phenoxy) is 1. The molecule has 1 aromatic heterocycles. The number of hydrogen-bond acceptors (Lipinski definition) is 5. The zero-order chi connectivity index (χ0) is 20.6. The molecule has 0 spiro atoms. The smallest absolute Gasteiger partial charge is 0.244 e. The van der Waals surface area contributed by atoms with Gasteiger partial charge in [-0.2, -0.15) is 0 Å². The quantitative estimate of drug-likeness (QED) is 0.774. The van der Waals surface area contributed by atoms with Gasteiger partial charge >= 0.3 is 0 Å². The van der Waals surface area contributed by atoms with Crippen LogP contribution >= 0.6 is 0 Å². The van der Waals surface area contributed by atoms with E-state index in [1.165, 1.54) is 0 Å². The number of piperazine rings is 1. The van der Waals surface area contributed by atoms with Gasteiger partial charge in [0.1, 0.15) is 17.6 Å². The number of nitrogens with zero attached hydrogens (tertiary/aromatic N) is 3. The Morgan fingerprint density at radius 1 is 1.14 bits per heavy atom. The molecule has 0 bridgehead atoms. The summed E-state index contributed by atoms with van der Waals surface area (Å²) in [5.74, 6) is 1.54. The van der Waals surface area contributed by atoms with Crippen molar-refractivity contribution >= 4 is 17.6 Å². The van der Waals surface area contributed by atoms with Crippen LogP contribution in [0.4, 0.5) is 5.82 Å². The van der Waals surface area contributed by atoms with Crippen molar-refractivity contribution in [3.05, 3.63) is 54.2 Å². The van der Waals surface area contributed by atoms with Crippen molar-refractivity contribution < 1.29 is 14.3 Å². The van der Waals surface area contributed by atoms with Crippen molar-refractivity contribution in [2.75, 3.05) is 38.2 Å². The number of pyridine rings is 1. The summed E-state index contributed by atoms with van der Waals surface area (Å²) in [6.07, 6.45) is 2.71. The molecule has 2 amide bonds. The molecule has 0 radical (unpaired) electrons. The number of hydrogen-bond donors (Lipinski definition) is 1. The summed E-state index contributed by atoms with van der Waals surface area (Å²) in [4.78, 5) is 33.3. The fourth-order valence-electron chi connectivity index (χ4n) is 3.43. The molecule has 0 aliphatic carbocycles. The van der Waals surface area contributed by atoms with E-state index in [4.69, 9.17) is 4.74 Å². The second kappa shape index (κ2) is 9.91. The third kappa shape index (κ3) is 5.70. The minimum atomic E-state index is -0.533. The molecule has 2 heterocycles. The van der Waals surface area contributed by atoms with Crippen LogP contribution < -0.4 is 15.0 Å². The molecule has 0 saturated carbocycles. The fraction of sp³-hybridized carbons (Fsp3) is 0.409. The van der Waals surface area contributed by atoms with Crippen molar-refractivity contribution in [1.82, 2.24) is 15.2 Å². The third-order valence-corrected chi connectivity index (χ3v) is 5.09. The monoisotopic (exact) mass is 396 g/mol. The van der Waals surface area contributed by atoms with Crippen molar-refractivity contribution in [3.8, 4) is 5.75 Å². The minimum Gasteiger partial charge on any atom is -0.497 e. The van der Waals surface area contributed by atoms with Gasteiger partial charge in [0.15, 0.2) is 0 Å². The van der Waals surface area contributed by atoms with E-state index < -0.39 is 6.04 Å². The first kappa shape index (κ1) is 20.6. The topological polar surface area (TPSA) is 74.8 Å². The van der Waals surface area contributed by atoms with Gasteiger partial charge in [0.05, 0.1) is 7.11 Å². The van der Waals surface area contributed by atoms with Gasteiger partial charge in [0.2, 0.25) is 11.8 Å². The van der Waals surface area contributed by atoms with E-state index >= 15 is 0 Å². The zero-order valence-corrected chi connectivity index (χ0v) is 17.0. The Hall–Kier alpha value is -3.09. The number of carbonyl (C=O) groups excluding carboxylic acids is 2. The van der Waals surface area contributed by atoms with E-state index in [1.807, 2.05) is 47.4 Å². The van der Waals surface area contributed by atoms with Crippen LogP contribution in [0.1, 0.15) is 18.9 Å². The van der Waals surface area contributed by atoms with E-state index in [1.54, 1.807) is 20.2 Å². The normalized spacial score (nSPS) is 15.0. The van der Waals surface area contributed by atoms with Gasteiger partial charge in [-0.3, -0.25) is 9.59 Å². The first-order valence-corrected chi connectivity index (χ1v) is 9.94. The SMILES string of the molecule is COc1cccc(CCC(=O)N[C@H](C)C(=O)N2CCN(c3ccccn3)CC2)c1. The number of amides is 2. The van der Waals surface area contributed by atoms with Crippen LogP contribution in [-0.4, -0.2) is 61.0 Å². The van der Waals surface area contributed by atoms with E-state index in [0.29, 0.717) is 25.9 Å². The number of aryl methyl sites for hydroxylation is 1. The third-order valence-electron chi connectivity index (χ3n) is 5.09. The van der Waals surface area contributed by atoms with Gasteiger partial charge < -0.3 is 19.9 Å². The second-order valence-electron chi connectivity index (χ2n) is 7.14. The molecule has 3 rings (SSSR count). The lowest BCUT2D eigenvalue weighted by Crippen LogP contribution is -2.54. The van der Waals surface area contributed by atoms with Gasteiger partial charge in [-0.25, -0.2) is 4.98 Å². The van der Waals surface area contributed by atoms with E-state index in [9.17, 15) is 9.59 Å². The number of methoxy groups -OCH3 is 1. The molecule has 1 aliphatic rings. The Labute approximate surface area is 171 Å². The maximum Gasteiger partial charge on any atom is 0.244 e. The van der Waals surface area contributed by atoms with Crippen molar-refractivity contribution in [2.45, 2.75) is 25.8 Å². The predicted octanol–water partition coefficient (Wildman–Crippen LogP) is 1.88. The summed E-state index contributed by atoms with van der Waals surface area (Å²) in [6, 6.07) is 13.0. The van der Waals surface area contributed by atoms with Gasteiger partial charge in [0, 0.05) is 38.8 Å². The molecule has 29 heavy (non-hydrogen) atoms. The summed E-state index contributed by atoms with van der Waals surface area (Å²) < 4.78 is 5.20. The Bertz CT molecular complexity index is 820. The molecule has 0 unspecified atom stereocenters. The molecule has 2 aromatic rings. The Kier molecular flexibility index (Phi) is 7.05. The molecule has 1 fully saturated rings. The van der Waals surface area contributed by atoms with E-state index in [2.05, 4.69) is 15.2 Å². The Morgan fingerprint density at radius 3 is 2.62 bits per heavy atom. The van der Waals surface area contributed by atoms with Crippen LogP contribution in [0.2, 0.25) is 0 Å². The first-order chi connectivity index (χ1) is 14.1. The molecule has 1 aliphatic heterocycles. The zero-order valence-electron chi connectivity index (χ0n) is 17.0. The summed E-state index contributed by atoms with van der Waals surface area (Å²) in [5.41, 5.74) is 1.03. The van der Waals surface area contributed by atoms with Crippen molar-refractivity contribution in [1.29, 1.82) is 0 Å². The highest BCUT2D eigenvalue weighted by Crippen LogP contribution is 2.15. The number of benzene rings is 1. The van der Waals surface area contributed by atoms with Crippen molar-refractivity contribution in [2.24, 2.45) is 0 Å². The van der Waals surface area contributed by atoms with Gasteiger partial charge in [0.25, 0.3) is 0 Å². The van der Waals surface area contributed by atoms with Gasteiger partial charge in [-0.05, 0) is 43.2 Å². The molecule has 1 atom stereocenters. The second-order valence-corrected chi connectivity index (χ2v) is 7.14. The molecule has 7 nitrogen and oxygen atoms in total. The highest BCUT2D eigenvalue weighted by atomic mass is 16.5. The molecule has 1 saturated heterocycles. The molecular formula is C22H28N4O3. The summed E-state index contributed by atoms with van der Waals surface area (Å²) in [5, 5.41) is 2.83.